The average Bonchev–Trinajstić information content (AvgIpc) is 2.80. The zero-order valence-electron chi connectivity index (χ0n) is 8.95. The van der Waals surface area contributed by atoms with Gasteiger partial charge in [0, 0.05) is 6.20 Å². The van der Waals surface area contributed by atoms with Gasteiger partial charge in [0.15, 0.2) is 0 Å². The van der Waals surface area contributed by atoms with E-state index in [-0.39, 0.29) is 11.3 Å². The summed E-state index contributed by atoms with van der Waals surface area (Å²) in [5.41, 5.74) is 4.16. The lowest BCUT2D eigenvalue weighted by atomic mass is 10.1. The van der Waals surface area contributed by atoms with Gasteiger partial charge >= 0.3 is 6.18 Å². The van der Waals surface area contributed by atoms with Gasteiger partial charge in [-0.15, -0.1) is 0 Å². The molecule has 1 amide bonds. The van der Waals surface area contributed by atoms with Crippen molar-refractivity contribution in [3.8, 4) is 11.4 Å². The van der Waals surface area contributed by atoms with Crippen LogP contribution in [0.5, 0.6) is 0 Å². The van der Waals surface area contributed by atoms with Crippen LogP contribution in [0.2, 0.25) is 0 Å². The van der Waals surface area contributed by atoms with Crippen molar-refractivity contribution in [2.75, 3.05) is 0 Å². The molecule has 7 heteroatoms. The number of hydrogen-bond acceptors (Lipinski definition) is 2. The standard InChI is InChI=1S/C11H8F3N3O/c12-11(13,14)8-4-3-6(10(15)18)9(17-8)7-2-1-5-16-7/h1-5,16H,(H2,15,18). The molecule has 0 aliphatic carbocycles. The van der Waals surface area contributed by atoms with Crippen LogP contribution in [0.25, 0.3) is 11.4 Å². The Morgan fingerprint density at radius 3 is 2.50 bits per heavy atom. The molecule has 0 bridgehead atoms. The molecule has 0 spiro atoms. The number of carbonyl (C=O) groups is 1. The number of nitrogens with two attached hydrogens (primary N) is 1. The van der Waals surface area contributed by atoms with Gasteiger partial charge in [-0.2, -0.15) is 13.2 Å². The van der Waals surface area contributed by atoms with Crippen LogP contribution < -0.4 is 5.73 Å². The number of aromatic nitrogens is 2. The van der Waals surface area contributed by atoms with Gasteiger partial charge in [0.2, 0.25) is 0 Å². The summed E-state index contributed by atoms with van der Waals surface area (Å²) >= 11 is 0. The predicted molar refractivity (Wildman–Crippen MR) is 57.5 cm³/mol. The van der Waals surface area contributed by atoms with Crippen LogP contribution in [-0.4, -0.2) is 15.9 Å². The van der Waals surface area contributed by atoms with Crippen molar-refractivity contribution < 1.29 is 18.0 Å². The van der Waals surface area contributed by atoms with Gasteiger partial charge in [0.05, 0.1) is 17.0 Å². The number of aromatic amines is 1. The Morgan fingerprint density at radius 2 is 2.00 bits per heavy atom. The number of halogens is 3. The lowest BCUT2D eigenvalue weighted by Crippen LogP contribution is -2.16. The maximum absolute atomic E-state index is 12.6. The molecule has 0 radical (unpaired) electrons. The third-order valence-corrected chi connectivity index (χ3v) is 2.30. The van der Waals surface area contributed by atoms with E-state index in [0.29, 0.717) is 5.69 Å². The maximum atomic E-state index is 12.6. The van der Waals surface area contributed by atoms with Gasteiger partial charge in [-0.1, -0.05) is 0 Å². The second-order valence-corrected chi connectivity index (χ2v) is 3.54. The van der Waals surface area contributed by atoms with Crippen LogP contribution in [0.3, 0.4) is 0 Å². The van der Waals surface area contributed by atoms with Crippen molar-refractivity contribution >= 4 is 5.91 Å². The van der Waals surface area contributed by atoms with Gasteiger partial charge in [-0.25, -0.2) is 4.98 Å². The van der Waals surface area contributed by atoms with Crippen LogP contribution >= 0.6 is 0 Å². The lowest BCUT2D eigenvalue weighted by Gasteiger charge is -2.09. The van der Waals surface area contributed by atoms with Crippen molar-refractivity contribution in [3.05, 3.63) is 41.7 Å². The predicted octanol–water partition coefficient (Wildman–Crippen LogP) is 2.19. The number of nitrogens with one attached hydrogen (secondary N) is 1. The third kappa shape index (κ3) is 2.20. The van der Waals surface area contributed by atoms with E-state index >= 15 is 0 Å². The highest BCUT2D eigenvalue weighted by molar-refractivity contribution is 5.98. The fourth-order valence-electron chi connectivity index (χ4n) is 1.50. The molecule has 0 fully saturated rings. The lowest BCUT2D eigenvalue weighted by molar-refractivity contribution is -0.141. The molecule has 2 aromatic heterocycles. The van der Waals surface area contributed by atoms with Gasteiger partial charge in [-0.05, 0) is 24.3 Å². The van der Waals surface area contributed by atoms with Gasteiger partial charge in [0.25, 0.3) is 5.91 Å². The summed E-state index contributed by atoms with van der Waals surface area (Å²) in [4.78, 5) is 17.3. The van der Waals surface area contributed by atoms with E-state index in [1.807, 2.05) is 0 Å². The first-order valence-corrected chi connectivity index (χ1v) is 4.91. The first kappa shape index (κ1) is 12.2. The Morgan fingerprint density at radius 1 is 1.28 bits per heavy atom. The molecular formula is C11H8F3N3O. The highest BCUT2D eigenvalue weighted by atomic mass is 19.4. The zero-order chi connectivity index (χ0) is 13.3. The van der Waals surface area contributed by atoms with E-state index in [1.165, 1.54) is 12.3 Å². The Kier molecular flexibility index (Phi) is 2.82. The van der Waals surface area contributed by atoms with Crippen LogP contribution in [0, 0.1) is 0 Å². The minimum Gasteiger partial charge on any atom is -0.366 e. The van der Waals surface area contributed by atoms with E-state index in [0.717, 1.165) is 12.1 Å². The Balaban J connectivity index is 2.63. The van der Waals surface area contributed by atoms with Crippen LogP contribution in [0.4, 0.5) is 13.2 Å². The van der Waals surface area contributed by atoms with Gasteiger partial charge in [-0.3, -0.25) is 4.79 Å². The number of primary amides is 1. The molecule has 2 aromatic rings. The molecule has 0 aliphatic heterocycles. The molecule has 2 rings (SSSR count). The number of hydrogen-bond donors (Lipinski definition) is 2. The molecule has 0 saturated carbocycles. The first-order chi connectivity index (χ1) is 8.39. The Bertz CT molecular complexity index is 576. The van der Waals surface area contributed by atoms with Crippen LogP contribution in [0.1, 0.15) is 16.1 Å². The smallest absolute Gasteiger partial charge is 0.366 e. The fraction of sp³-hybridized carbons (Fsp3) is 0.0909. The highest BCUT2D eigenvalue weighted by Crippen LogP contribution is 2.30. The van der Waals surface area contributed by atoms with Crippen molar-refractivity contribution in [2.45, 2.75) is 6.18 Å². The monoisotopic (exact) mass is 255 g/mol. The van der Waals surface area contributed by atoms with E-state index < -0.39 is 17.8 Å². The second kappa shape index (κ2) is 4.17. The molecule has 3 N–H and O–H groups in total. The van der Waals surface area contributed by atoms with Gasteiger partial charge < -0.3 is 10.7 Å². The molecular weight excluding hydrogens is 247 g/mol. The summed E-state index contributed by atoms with van der Waals surface area (Å²) in [6.07, 6.45) is -3.06. The van der Waals surface area contributed by atoms with E-state index in [1.54, 1.807) is 6.07 Å². The fourth-order valence-corrected chi connectivity index (χ4v) is 1.50. The average molecular weight is 255 g/mol. The quantitative estimate of drug-likeness (QED) is 0.863. The van der Waals surface area contributed by atoms with E-state index in [4.69, 9.17) is 5.73 Å². The largest absolute Gasteiger partial charge is 0.433 e. The summed E-state index contributed by atoms with van der Waals surface area (Å²) in [5.74, 6) is -0.833. The van der Waals surface area contributed by atoms with Crippen LogP contribution in [0.15, 0.2) is 30.5 Å². The number of pyridine rings is 1. The van der Waals surface area contributed by atoms with E-state index in [9.17, 15) is 18.0 Å². The molecule has 0 aromatic carbocycles. The SMILES string of the molecule is NC(=O)c1ccc(C(F)(F)F)nc1-c1ccc[nH]1. The topological polar surface area (TPSA) is 71.8 Å². The zero-order valence-corrected chi connectivity index (χ0v) is 8.95. The molecule has 0 unspecified atom stereocenters. The maximum Gasteiger partial charge on any atom is 0.433 e. The minimum atomic E-state index is -4.57. The number of H-pyrrole nitrogens is 1. The normalized spacial score (nSPS) is 11.5. The Hall–Kier alpha value is -2.31. The van der Waals surface area contributed by atoms with Gasteiger partial charge in [0.1, 0.15) is 5.69 Å². The van der Waals surface area contributed by atoms with Crippen LogP contribution in [-0.2, 0) is 6.18 Å². The second-order valence-electron chi connectivity index (χ2n) is 3.54. The number of carbonyl (C=O) groups excluding carboxylic acids is 1. The summed E-state index contributed by atoms with van der Waals surface area (Å²) in [6, 6.07) is 4.85. The molecule has 0 atom stereocenters. The van der Waals surface area contributed by atoms with E-state index in [2.05, 4.69) is 9.97 Å². The number of alkyl halides is 3. The van der Waals surface area contributed by atoms with Crippen molar-refractivity contribution in [3.63, 3.8) is 0 Å². The van der Waals surface area contributed by atoms with Crippen molar-refractivity contribution in [1.29, 1.82) is 0 Å². The summed E-state index contributed by atoms with van der Waals surface area (Å²) in [6.45, 7) is 0. The molecule has 94 valence electrons. The molecule has 4 nitrogen and oxygen atoms in total. The summed E-state index contributed by atoms with van der Waals surface area (Å²) < 4.78 is 37.7. The summed E-state index contributed by atoms with van der Waals surface area (Å²) in [7, 11) is 0. The number of nitrogens with zero attached hydrogens (tertiary/aromatic N) is 1. The highest BCUT2D eigenvalue weighted by Gasteiger charge is 2.33. The number of rotatable bonds is 2. The molecule has 0 saturated heterocycles. The third-order valence-electron chi connectivity index (χ3n) is 2.30. The first-order valence-electron chi connectivity index (χ1n) is 4.91. The molecule has 18 heavy (non-hydrogen) atoms. The summed E-state index contributed by atoms with van der Waals surface area (Å²) in [5, 5.41) is 0. The molecule has 0 aliphatic rings. The van der Waals surface area contributed by atoms with Crippen molar-refractivity contribution in [1.82, 2.24) is 9.97 Å². The van der Waals surface area contributed by atoms with Crippen molar-refractivity contribution in [2.24, 2.45) is 5.73 Å². The minimum absolute atomic E-state index is 0.0644. The molecule has 2 heterocycles. The number of amides is 1. The Labute approximate surface area is 99.6 Å².